The first-order valence-electron chi connectivity index (χ1n) is 9.52. The highest BCUT2D eigenvalue weighted by Gasteiger charge is 2.47. The normalized spacial score (nSPS) is 22.3. The van der Waals surface area contributed by atoms with Gasteiger partial charge < -0.3 is 16.0 Å². The number of likely N-dealkylation sites (tertiary alicyclic amines) is 1. The lowest BCUT2D eigenvalue weighted by Crippen LogP contribution is -2.43. The summed E-state index contributed by atoms with van der Waals surface area (Å²) in [4.78, 5) is 18.1. The summed E-state index contributed by atoms with van der Waals surface area (Å²) in [5.41, 5.74) is 5.91. The van der Waals surface area contributed by atoms with E-state index >= 15 is 0 Å². The van der Waals surface area contributed by atoms with Crippen molar-refractivity contribution < 1.29 is 18.0 Å². The predicted octanol–water partition coefficient (Wildman–Crippen LogP) is 2.03. The summed E-state index contributed by atoms with van der Waals surface area (Å²) in [5, 5.41) is 7.48. The van der Waals surface area contributed by atoms with Crippen molar-refractivity contribution in [3.05, 3.63) is 29.6 Å². The summed E-state index contributed by atoms with van der Waals surface area (Å²) in [6, 6.07) is 2.57. The number of carbonyl (C=O) groups excluding carboxylic acids is 1. The van der Waals surface area contributed by atoms with E-state index in [0.717, 1.165) is 24.6 Å². The second-order valence-corrected chi connectivity index (χ2v) is 7.84. The molecule has 2 aliphatic heterocycles. The van der Waals surface area contributed by atoms with Gasteiger partial charge in [-0.3, -0.25) is 9.48 Å². The van der Waals surface area contributed by atoms with Gasteiger partial charge in [0.25, 0.3) is 0 Å². The lowest BCUT2D eigenvalue weighted by molar-refractivity contribution is -0.137. The number of pyridine rings is 1. The summed E-state index contributed by atoms with van der Waals surface area (Å²) in [6.07, 6.45) is -1.59. The molecule has 1 spiro atoms. The molecule has 4 rings (SSSR count). The van der Waals surface area contributed by atoms with Crippen molar-refractivity contribution in [2.45, 2.75) is 43.9 Å². The number of alkyl halides is 3. The number of aromatic nitrogens is 3. The Kier molecular flexibility index (Phi) is 4.56. The topological polar surface area (TPSA) is 89.1 Å². The third-order valence-corrected chi connectivity index (χ3v) is 6.11. The van der Waals surface area contributed by atoms with Gasteiger partial charge >= 0.3 is 6.18 Å². The third-order valence-electron chi connectivity index (χ3n) is 6.11. The van der Waals surface area contributed by atoms with Gasteiger partial charge in [0.1, 0.15) is 5.82 Å². The van der Waals surface area contributed by atoms with Gasteiger partial charge in [-0.05, 0) is 38.9 Å². The summed E-state index contributed by atoms with van der Waals surface area (Å²) in [6.45, 7) is 3.76. The molecule has 1 unspecified atom stereocenters. The fourth-order valence-corrected chi connectivity index (χ4v) is 4.32. The zero-order valence-electron chi connectivity index (χ0n) is 16.3. The van der Waals surface area contributed by atoms with E-state index in [-0.39, 0.29) is 22.9 Å². The van der Waals surface area contributed by atoms with Gasteiger partial charge in [0.15, 0.2) is 0 Å². The molecule has 2 aromatic rings. The highest BCUT2D eigenvalue weighted by Crippen LogP contribution is 2.44. The molecule has 2 aliphatic rings. The number of anilines is 1. The number of fused-ring (bicyclic) bond motifs is 2. The Morgan fingerprint density at radius 1 is 1.31 bits per heavy atom. The average molecular weight is 408 g/mol. The summed E-state index contributed by atoms with van der Waals surface area (Å²) < 4.78 is 41.4. The molecule has 29 heavy (non-hydrogen) atoms. The van der Waals surface area contributed by atoms with Crippen molar-refractivity contribution in [1.82, 2.24) is 25.0 Å². The predicted molar refractivity (Wildman–Crippen MR) is 101 cm³/mol. The minimum atomic E-state index is -4.58. The van der Waals surface area contributed by atoms with Crippen LogP contribution >= 0.6 is 0 Å². The number of likely N-dealkylation sites (N-methyl/N-ethyl adjacent to an activating group) is 1. The molecular formula is C19H23F3N6O. The molecule has 1 saturated heterocycles. The molecule has 10 heteroatoms. The molecule has 0 bridgehead atoms. The minimum absolute atomic E-state index is 0.0557. The van der Waals surface area contributed by atoms with E-state index in [2.05, 4.69) is 15.4 Å². The van der Waals surface area contributed by atoms with Crippen LogP contribution in [0, 0.1) is 0 Å². The van der Waals surface area contributed by atoms with E-state index in [0.29, 0.717) is 25.3 Å². The number of halogens is 3. The van der Waals surface area contributed by atoms with Crippen LogP contribution in [0.3, 0.4) is 0 Å². The maximum atomic E-state index is 13.2. The van der Waals surface area contributed by atoms with E-state index in [4.69, 9.17) is 5.73 Å². The van der Waals surface area contributed by atoms with Crippen LogP contribution in [0.1, 0.15) is 31.0 Å². The maximum Gasteiger partial charge on any atom is 0.419 e. The van der Waals surface area contributed by atoms with E-state index in [1.165, 1.54) is 6.20 Å². The first-order chi connectivity index (χ1) is 13.6. The van der Waals surface area contributed by atoms with Crippen LogP contribution in [0.4, 0.5) is 19.0 Å². The molecule has 156 valence electrons. The molecule has 1 fully saturated rings. The Morgan fingerprint density at radius 3 is 2.72 bits per heavy atom. The first kappa shape index (κ1) is 19.7. The zero-order valence-corrected chi connectivity index (χ0v) is 16.3. The summed E-state index contributed by atoms with van der Waals surface area (Å²) >= 11 is 0. The molecule has 0 radical (unpaired) electrons. The molecule has 1 amide bonds. The number of nitrogen functional groups attached to an aromatic ring is 1. The SMILES string of the molecule is CNC(C)C(=O)N1CC[C@@]2(CCn3nc(-c4cnc(N)c(C(F)(F)F)c4)cc32)C1. The lowest BCUT2D eigenvalue weighted by atomic mass is 9.82. The highest BCUT2D eigenvalue weighted by atomic mass is 19.4. The standard InChI is InChI=1S/C19H23F3N6O/c1-11(24-2)17(29)27-5-3-18(10-27)4-6-28-15(18)8-14(26-28)12-7-13(19(20,21)22)16(23)25-9-12/h7-9,11,24H,3-6,10H2,1-2H3,(H2,23,25)/t11?,18-/m1/s1. The average Bonchev–Trinajstić information content (AvgIpc) is 3.37. The van der Waals surface area contributed by atoms with Gasteiger partial charge in [-0.15, -0.1) is 0 Å². The lowest BCUT2D eigenvalue weighted by Gasteiger charge is -2.25. The van der Waals surface area contributed by atoms with E-state index in [9.17, 15) is 18.0 Å². The van der Waals surface area contributed by atoms with Gasteiger partial charge in [-0.25, -0.2) is 4.98 Å². The smallest absolute Gasteiger partial charge is 0.383 e. The van der Waals surface area contributed by atoms with Crippen molar-refractivity contribution in [2.75, 3.05) is 25.9 Å². The first-order valence-corrected chi connectivity index (χ1v) is 9.52. The van der Waals surface area contributed by atoms with Crippen molar-refractivity contribution in [3.63, 3.8) is 0 Å². The van der Waals surface area contributed by atoms with Gasteiger partial charge in [0, 0.05) is 42.5 Å². The van der Waals surface area contributed by atoms with Gasteiger partial charge in [-0.2, -0.15) is 18.3 Å². The quantitative estimate of drug-likeness (QED) is 0.811. The molecule has 2 aromatic heterocycles. The number of nitrogens with zero attached hydrogens (tertiary/aromatic N) is 4. The molecule has 2 atom stereocenters. The van der Waals surface area contributed by atoms with Crippen LogP contribution in [0.15, 0.2) is 18.3 Å². The number of hydrogen-bond donors (Lipinski definition) is 2. The Balaban J connectivity index is 1.64. The van der Waals surface area contributed by atoms with Crippen molar-refractivity contribution >= 4 is 11.7 Å². The fraction of sp³-hybridized carbons (Fsp3) is 0.526. The molecule has 0 aromatic carbocycles. The molecule has 0 aliphatic carbocycles. The van der Waals surface area contributed by atoms with Crippen molar-refractivity contribution in [2.24, 2.45) is 0 Å². The van der Waals surface area contributed by atoms with E-state index in [1.54, 1.807) is 7.05 Å². The van der Waals surface area contributed by atoms with Crippen LogP contribution in [0.25, 0.3) is 11.3 Å². The molecular weight excluding hydrogens is 385 g/mol. The number of amides is 1. The Hall–Kier alpha value is -2.62. The van der Waals surface area contributed by atoms with Crippen LogP contribution in [0.2, 0.25) is 0 Å². The summed E-state index contributed by atoms with van der Waals surface area (Å²) in [7, 11) is 1.75. The largest absolute Gasteiger partial charge is 0.419 e. The van der Waals surface area contributed by atoms with E-state index < -0.39 is 17.6 Å². The summed E-state index contributed by atoms with van der Waals surface area (Å²) in [5.74, 6) is -0.492. The Labute approximate surface area is 166 Å². The van der Waals surface area contributed by atoms with Crippen LogP contribution < -0.4 is 11.1 Å². The van der Waals surface area contributed by atoms with Crippen LogP contribution in [-0.4, -0.2) is 51.8 Å². The zero-order chi connectivity index (χ0) is 21.0. The Morgan fingerprint density at radius 2 is 2.03 bits per heavy atom. The molecule has 0 saturated carbocycles. The monoisotopic (exact) mass is 408 g/mol. The van der Waals surface area contributed by atoms with Crippen LogP contribution in [0.5, 0.6) is 0 Å². The molecule has 7 nitrogen and oxygen atoms in total. The number of nitrogens with one attached hydrogen (secondary N) is 1. The fourth-order valence-electron chi connectivity index (χ4n) is 4.32. The van der Waals surface area contributed by atoms with Gasteiger partial charge in [0.2, 0.25) is 5.91 Å². The number of nitrogens with two attached hydrogens (primary N) is 1. The second kappa shape index (κ2) is 6.72. The Bertz CT molecular complexity index is 956. The van der Waals surface area contributed by atoms with Crippen molar-refractivity contribution in [1.29, 1.82) is 0 Å². The number of hydrogen-bond acceptors (Lipinski definition) is 5. The van der Waals surface area contributed by atoms with Gasteiger partial charge in [0.05, 0.1) is 17.3 Å². The van der Waals surface area contributed by atoms with Gasteiger partial charge in [-0.1, -0.05) is 0 Å². The molecule has 3 N–H and O–H groups in total. The molecule has 4 heterocycles. The van der Waals surface area contributed by atoms with E-state index in [1.807, 2.05) is 22.6 Å². The third kappa shape index (κ3) is 3.25. The second-order valence-electron chi connectivity index (χ2n) is 7.84. The van der Waals surface area contributed by atoms with Crippen molar-refractivity contribution in [3.8, 4) is 11.3 Å². The van der Waals surface area contributed by atoms with Crippen LogP contribution in [-0.2, 0) is 22.9 Å². The number of rotatable bonds is 3. The minimum Gasteiger partial charge on any atom is -0.383 e. The maximum absolute atomic E-state index is 13.2. The number of aryl methyl sites for hydroxylation is 1. The number of carbonyl (C=O) groups is 1. The highest BCUT2D eigenvalue weighted by molar-refractivity contribution is 5.82.